The van der Waals surface area contributed by atoms with Crippen LogP contribution in [0.4, 0.5) is 5.69 Å². The minimum Gasteiger partial charge on any atom is -0.454 e. The number of carbonyl (C=O) groups is 2. The molecule has 6 rings (SSSR count). The number of nitrogens with one attached hydrogen (secondary N) is 1. The standard InChI is InChI=1S/C28H36N3O3/c32-26(30-16-8-3-9-17-30)21-31-18-14-22(15-19-31)25(20-31)34-28(33)27(23-10-4-1-5-11-23)29-24-12-6-2-7-13-24/h1-2,4-7,10-13,22,25,27,29H,3,8-9,14-21H2/q+1. The van der Waals surface area contributed by atoms with E-state index in [1.807, 2.05) is 65.6 Å². The summed E-state index contributed by atoms with van der Waals surface area (Å²) < 4.78 is 6.99. The summed E-state index contributed by atoms with van der Waals surface area (Å²) in [7, 11) is 0. The van der Waals surface area contributed by atoms with Gasteiger partial charge in [0.25, 0.3) is 5.91 Å². The molecule has 2 atom stereocenters. The normalized spacial score (nSPS) is 27.1. The third-order valence-electron chi connectivity index (χ3n) is 7.94. The van der Waals surface area contributed by atoms with Crippen molar-refractivity contribution in [3.8, 4) is 0 Å². The lowest BCUT2D eigenvalue weighted by Gasteiger charge is -2.52. The molecule has 4 heterocycles. The molecule has 180 valence electrons. The molecule has 6 nitrogen and oxygen atoms in total. The zero-order valence-corrected chi connectivity index (χ0v) is 19.9. The van der Waals surface area contributed by atoms with Crippen LogP contribution >= 0.6 is 0 Å². The molecule has 1 amide bonds. The van der Waals surface area contributed by atoms with Gasteiger partial charge in [0.15, 0.2) is 18.7 Å². The van der Waals surface area contributed by atoms with E-state index in [1.54, 1.807) is 0 Å². The highest BCUT2D eigenvalue weighted by Crippen LogP contribution is 2.36. The van der Waals surface area contributed by atoms with E-state index in [4.69, 9.17) is 4.74 Å². The number of para-hydroxylation sites is 1. The predicted octanol–water partition coefficient (Wildman–Crippen LogP) is 4.00. The zero-order chi connectivity index (χ0) is 23.4. The largest absolute Gasteiger partial charge is 0.454 e. The number of carbonyl (C=O) groups excluding carboxylic acids is 2. The van der Waals surface area contributed by atoms with Gasteiger partial charge < -0.3 is 19.4 Å². The van der Waals surface area contributed by atoms with Gasteiger partial charge in [-0.15, -0.1) is 0 Å². The van der Waals surface area contributed by atoms with Crippen LogP contribution < -0.4 is 5.32 Å². The van der Waals surface area contributed by atoms with Crippen LogP contribution in [0.1, 0.15) is 43.7 Å². The van der Waals surface area contributed by atoms with Crippen molar-refractivity contribution in [1.29, 1.82) is 0 Å². The monoisotopic (exact) mass is 462 g/mol. The molecule has 4 saturated heterocycles. The summed E-state index contributed by atoms with van der Waals surface area (Å²) in [6.45, 7) is 5.12. The van der Waals surface area contributed by atoms with Crippen LogP contribution in [0, 0.1) is 5.92 Å². The summed E-state index contributed by atoms with van der Waals surface area (Å²) in [6, 6.07) is 19.0. The van der Waals surface area contributed by atoms with Crippen molar-refractivity contribution in [3.05, 3.63) is 66.2 Å². The third kappa shape index (κ3) is 5.12. The van der Waals surface area contributed by atoms with E-state index in [9.17, 15) is 9.59 Å². The van der Waals surface area contributed by atoms with Gasteiger partial charge in [0.1, 0.15) is 6.54 Å². The quantitative estimate of drug-likeness (QED) is 0.499. The number of piperidine rings is 4. The summed E-state index contributed by atoms with van der Waals surface area (Å²) in [5.74, 6) is 0.425. The Labute approximate surface area is 202 Å². The van der Waals surface area contributed by atoms with Gasteiger partial charge in [-0.1, -0.05) is 48.5 Å². The van der Waals surface area contributed by atoms with Crippen LogP contribution in [-0.2, 0) is 14.3 Å². The van der Waals surface area contributed by atoms with E-state index in [0.29, 0.717) is 12.5 Å². The Morgan fingerprint density at radius 2 is 1.59 bits per heavy atom. The molecule has 6 heteroatoms. The lowest BCUT2D eigenvalue weighted by Crippen LogP contribution is -2.67. The Kier molecular flexibility index (Phi) is 6.86. The van der Waals surface area contributed by atoms with Crippen LogP contribution in [0.25, 0.3) is 0 Å². The summed E-state index contributed by atoms with van der Waals surface area (Å²) in [5, 5.41) is 3.37. The van der Waals surface area contributed by atoms with Crippen molar-refractivity contribution in [2.24, 2.45) is 5.92 Å². The summed E-state index contributed by atoms with van der Waals surface area (Å²) in [4.78, 5) is 28.6. The highest BCUT2D eigenvalue weighted by Gasteiger charge is 2.49. The SMILES string of the molecule is O=C(OC1C[N+]2(CC(=O)N3CCCCC3)CCC1CC2)C(Nc1ccccc1)c1ccccc1. The van der Waals surface area contributed by atoms with Gasteiger partial charge in [0.05, 0.1) is 13.1 Å². The highest BCUT2D eigenvalue weighted by atomic mass is 16.5. The topological polar surface area (TPSA) is 58.6 Å². The Morgan fingerprint density at radius 3 is 2.26 bits per heavy atom. The summed E-state index contributed by atoms with van der Waals surface area (Å²) in [5.41, 5.74) is 1.78. The Morgan fingerprint density at radius 1 is 0.941 bits per heavy atom. The molecular weight excluding hydrogens is 426 g/mol. The molecule has 4 aliphatic heterocycles. The fraction of sp³-hybridized carbons (Fsp3) is 0.500. The average molecular weight is 463 g/mol. The van der Waals surface area contributed by atoms with E-state index >= 15 is 0 Å². The summed E-state index contributed by atoms with van der Waals surface area (Å²) >= 11 is 0. The maximum absolute atomic E-state index is 13.5. The van der Waals surface area contributed by atoms with Crippen LogP contribution in [0.3, 0.4) is 0 Å². The van der Waals surface area contributed by atoms with Gasteiger partial charge in [0, 0.05) is 37.5 Å². The Bertz CT molecular complexity index is 967. The smallest absolute Gasteiger partial charge is 0.333 e. The highest BCUT2D eigenvalue weighted by molar-refractivity contribution is 5.81. The van der Waals surface area contributed by atoms with Crippen LogP contribution in [0.5, 0.6) is 0 Å². The second-order valence-electron chi connectivity index (χ2n) is 10.2. The molecule has 0 aromatic heterocycles. The van der Waals surface area contributed by atoms with E-state index in [2.05, 4.69) is 5.32 Å². The number of ether oxygens (including phenoxy) is 1. The minimum absolute atomic E-state index is 0.132. The molecule has 4 aliphatic rings. The average Bonchev–Trinajstić information content (AvgIpc) is 2.89. The lowest BCUT2D eigenvalue weighted by atomic mass is 9.83. The van der Waals surface area contributed by atoms with Crippen molar-refractivity contribution in [3.63, 3.8) is 0 Å². The molecule has 0 radical (unpaired) electrons. The van der Waals surface area contributed by atoms with E-state index in [0.717, 1.165) is 74.1 Å². The van der Waals surface area contributed by atoms with Crippen molar-refractivity contribution in [2.75, 3.05) is 44.6 Å². The van der Waals surface area contributed by atoms with Gasteiger partial charge in [-0.05, 0) is 37.0 Å². The molecule has 34 heavy (non-hydrogen) atoms. The fourth-order valence-corrected chi connectivity index (χ4v) is 5.95. The first-order valence-electron chi connectivity index (χ1n) is 12.8. The number of hydrogen-bond acceptors (Lipinski definition) is 4. The first kappa shape index (κ1) is 22.9. The van der Waals surface area contributed by atoms with Gasteiger partial charge in [-0.25, -0.2) is 4.79 Å². The molecule has 2 aromatic carbocycles. The zero-order valence-electron chi connectivity index (χ0n) is 19.9. The first-order chi connectivity index (χ1) is 16.6. The van der Waals surface area contributed by atoms with E-state index in [-0.39, 0.29) is 18.0 Å². The number of amides is 1. The number of hydrogen-bond donors (Lipinski definition) is 1. The predicted molar refractivity (Wildman–Crippen MR) is 132 cm³/mol. The second kappa shape index (κ2) is 10.2. The van der Waals surface area contributed by atoms with Crippen LogP contribution in [-0.4, -0.2) is 66.6 Å². The second-order valence-corrected chi connectivity index (χ2v) is 10.2. The van der Waals surface area contributed by atoms with Gasteiger partial charge in [-0.2, -0.15) is 0 Å². The molecule has 0 saturated carbocycles. The fourth-order valence-electron chi connectivity index (χ4n) is 5.95. The van der Waals surface area contributed by atoms with E-state index < -0.39 is 6.04 Å². The molecule has 2 bridgehead atoms. The van der Waals surface area contributed by atoms with Gasteiger partial charge in [0.2, 0.25) is 0 Å². The molecule has 1 N–H and O–H groups in total. The molecule has 2 unspecified atom stereocenters. The van der Waals surface area contributed by atoms with Crippen molar-refractivity contribution in [1.82, 2.24) is 4.90 Å². The van der Waals surface area contributed by atoms with E-state index in [1.165, 1.54) is 6.42 Å². The molecular formula is C28H36N3O3+. The number of benzene rings is 2. The molecule has 0 aliphatic carbocycles. The molecule has 0 spiro atoms. The number of fused-ring (bicyclic) bond motifs is 3. The summed E-state index contributed by atoms with van der Waals surface area (Å²) in [6.07, 6.45) is 5.36. The maximum atomic E-state index is 13.5. The van der Waals surface area contributed by atoms with Crippen LogP contribution in [0.15, 0.2) is 60.7 Å². The van der Waals surface area contributed by atoms with Gasteiger partial charge in [-0.3, -0.25) is 4.79 Å². The minimum atomic E-state index is -0.567. The first-order valence-corrected chi connectivity index (χ1v) is 12.8. The Hall–Kier alpha value is -2.86. The number of esters is 1. The Balaban J connectivity index is 1.28. The maximum Gasteiger partial charge on any atom is 0.333 e. The number of rotatable bonds is 7. The molecule has 4 fully saturated rings. The number of nitrogens with zero attached hydrogens (tertiary/aromatic N) is 2. The van der Waals surface area contributed by atoms with Crippen LogP contribution in [0.2, 0.25) is 0 Å². The van der Waals surface area contributed by atoms with Gasteiger partial charge >= 0.3 is 5.97 Å². The third-order valence-corrected chi connectivity index (χ3v) is 7.94. The number of likely N-dealkylation sites (tertiary alicyclic amines) is 1. The van der Waals surface area contributed by atoms with Crippen molar-refractivity contribution >= 4 is 17.6 Å². The van der Waals surface area contributed by atoms with Crippen molar-refractivity contribution in [2.45, 2.75) is 44.2 Å². The van der Waals surface area contributed by atoms with Crippen molar-refractivity contribution < 1.29 is 18.8 Å². The molecule has 2 aromatic rings. The lowest BCUT2D eigenvalue weighted by molar-refractivity contribution is -0.939. The number of anilines is 1. The number of quaternary nitrogens is 1.